The second-order valence-electron chi connectivity index (χ2n) is 8.22. The van der Waals surface area contributed by atoms with Crippen LogP contribution in [0.1, 0.15) is 44.0 Å². The van der Waals surface area contributed by atoms with Crippen LogP contribution < -0.4 is 5.32 Å². The van der Waals surface area contributed by atoms with E-state index in [-0.39, 0.29) is 22.1 Å². The summed E-state index contributed by atoms with van der Waals surface area (Å²) in [6.45, 7) is 7.13. The van der Waals surface area contributed by atoms with Gasteiger partial charge in [0.05, 0.1) is 33.9 Å². The van der Waals surface area contributed by atoms with E-state index in [1.165, 1.54) is 12.3 Å². The van der Waals surface area contributed by atoms with E-state index in [0.29, 0.717) is 16.8 Å². The van der Waals surface area contributed by atoms with Gasteiger partial charge >= 0.3 is 0 Å². The van der Waals surface area contributed by atoms with Crippen molar-refractivity contribution in [3.63, 3.8) is 0 Å². The van der Waals surface area contributed by atoms with E-state index < -0.39 is 15.1 Å². The summed E-state index contributed by atoms with van der Waals surface area (Å²) in [5.41, 5.74) is 3.34. The van der Waals surface area contributed by atoms with E-state index >= 15 is 0 Å². The number of hydrogen-bond acceptors (Lipinski definition) is 7. The molecule has 0 radical (unpaired) electrons. The summed E-state index contributed by atoms with van der Waals surface area (Å²) in [5.74, 6) is -0.174. The standard InChI is InChI=1S/C26H30N4O3S/c1-4-13-28-15-19-5-7-20(8-6-19)23(27)14-26(31)25-17-29-16-24(30-25)21-9-11-22(12-10-21)34(32,33)18(2)3/h5-12,14,16-18,27-28,31H,4,13,15H2,1-3H3/b26-14-,27-23?. The summed E-state index contributed by atoms with van der Waals surface area (Å²) in [5, 5.41) is 21.7. The highest BCUT2D eigenvalue weighted by atomic mass is 32.2. The molecular formula is C26H30N4O3S. The van der Waals surface area contributed by atoms with Gasteiger partial charge in [-0.25, -0.2) is 13.4 Å². The van der Waals surface area contributed by atoms with E-state index in [1.54, 1.807) is 44.3 Å². The third kappa shape index (κ3) is 6.15. The van der Waals surface area contributed by atoms with Crippen LogP contribution in [0, 0.1) is 5.41 Å². The van der Waals surface area contributed by atoms with Gasteiger partial charge in [-0.1, -0.05) is 43.3 Å². The van der Waals surface area contributed by atoms with Crippen LogP contribution >= 0.6 is 0 Å². The fourth-order valence-electron chi connectivity index (χ4n) is 3.22. The zero-order valence-electron chi connectivity index (χ0n) is 19.6. The minimum atomic E-state index is -3.36. The first-order valence-electron chi connectivity index (χ1n) is 11.2. The maximum absolute atomic E-state index is 12.3. The van der Waals surface area contributed by atoms with Gasteiger partial charge in [-0.15, -0.1) is 0 Å². The van der Waals surface area contributed by atoms with Crippen molar-refractivity contribution in [1.82, 2.24) is 15.3 Å². The molecule has 2 aromatic carbocycles. The minimum absolute atomic E-state index is 0.154. The predicted octanol–water partition coefficient (Wildman–Crippen LogP) is 4.79. The molecule has 178 valence electrons. The SMILES string of the molecule is CCCNCc1ccc(C(=N)/C=C(\O)c2cncc(-c3ccc(S(=O)(=O)C(C)C)cc3)n2)cc1. The van der Waals surface area contributed by atoms with E-state index in [2.05, 4.69) is 22.2 Å². The van der Waals surface area contributed by atoms with E-state index in [1.807, 2.05) is 24.3 Å². The average Bonchev–Trinajstić information content (AvgIpc) is 2.84. The third-order valence-electron chi connectivity index (χ3n) is 5.30. The largest absolute Gasteiger partial charge is 0.506 e. The van der Waals surface area contributed by atoms with Crippen molar-refractivity contribution in [2.75, 3.05) is 6.54 Å². The van der Waals surface area contributed by atoms with Crippen molar-refractivity contribution in [3.05, 3.63) is 83.8 Å². The number of benzene rings is 2. The lowest BCUT2D eigenvalue weighted by Gasteiger charge is -2.09. The first kappa shape index (κ1) is 25.3. The molecule has 34 heavy (non-hydrogen) atoms. The number of hydrogen-bond donors (Lipinski definition) is 3. The van der Waals surface area contributed by atoms with Crippen LogP contribution in [0.4, 0.5) is 0 Å². The summed E-state index contributed by atoms with van der Waals surface area (Å²) in [6.07, 6.45) is 5.38. The third-order valence-corrected chi connectivity index (χ3v) is 7.47. The molecule has 0 aliphatic rings. The van der Waals surface area contributed by atoms with Crippen molar-refractivity contribution >= 4 is 21.3 Å². The molecule has 0 unspecified atom stereocenters. The topological polar surface area (TPSA) is 116 Å². The monoisotopic (exact) mass is 478 g/mol. The second-order valence-corrected chi connectivity index (χ2v) is 10.7. The lowest BCUT2D eigenvalue weighted by Crippen LogP contribution is -2.13. The zero-order valence-corrected chi connectivity index (χ0v) is 20.4. The van der Waals surface area contributed by atoms with Crippen molar-refractivity contribution in [2.45, 2.75) is 43.9 Å². The minimum Gasteiger partial charge on any atom is -0.506 e. The Morgan fingerprint density at radius 2 is 1.76 bits per heavy atom. The molecule has 0 amide bonds. The van der Waals surface area contributed by atoms with Crippen LogP contribution in [0.15, 0.2) is 71.9 Å². The molecular weight excluding hydrogens is 448 g/mol. The van der Waals surface area contributed by atoms with Gasteiger partial charge in [0.25, 0.3) is 0 Å². The van der Waals surface area contributed by atoms with Crippen LogP contribution in [0.5, 0.6) is 0 Å². The molecule has 0 aliphatic heterocycles. The lowest BCUT2D eigenvalue weighted by molar-refractivity contribution is 0.509. The van der Waals surface area contributed by atoms with E-state index in [0.717, 1.165) is 25.1 Å². The molecule has 1 aromatic heterocycles. The fraction of sp³-hybridized carbons (Fsp3) is 0.269. The molecule has 0 aliphatic carbocycles. The zero-order chi connectivity index (χ0) is 24.7. The number of aliphatic hydroxyl groups is 1. The molecule has 0 spiro atoms. The van der Waals surface area contributed by atoms with Gasteiger partial charge in [0.1, 0.15) is 11.5 Å². The van der Waals surface area contributed by atoms with Gasteiger partial charge in [-0.3, -0.25) is 4.98 Å². The molecule has 3 rings (SSSR count). The molecule has 3 N–H and O–H groups in total. The summed E-state index contributed by atoms with van der Waals surface area (Å²) < 4.78 is 24.7. The Kier molecular flexibility index (Phi) is 8.31. The van der Waals surface area contributed by atoms with Crippen molar-refractivity contribution in [1.29, 1.82) is 5.41 Å². The maximum atomic E-state index is 12.3. The molecule has 3 aromatic rings. The molecule has 0 saturated heterocycles. The summed E-state index contributed by atoms with van der Waals surface area (Å²) in [6, 6.07) is 14.1. The van der Waals surface area contributed by atoms with Crippen LogP contribution in [-0.4, -0.2) is 41.0 Å². The van der Waals surface area contributed by atoms with Gasteiger partial charge in [0, 0.05) is 18.2 Å². The Morgan fingerprint density at radius 3 is 2.38 bits per heavy atom. The highest BCUT2D eigenvalue weighted by Gasteiger charge is 2.19. The normalized spacial score (nSPS) is 12.2. The molecule has 0 bridgehead atoms. The Morgan fingerprint density at radius 1 is 1.09 bits per heavy atom. The average molecular weight is 479 g/mol. The number of sulfone groups is 1. The predicted molar refractivity (Wildman–Crippen MR) is 136 cm³/mol. The smallest absolute Gasteiger partial charge is 0.180 e. The van der Waals surface area contributed by atoms with Gasteiger partial charge in [-0.05, 0) is 50.1 Å². The second kappa shape index (κ2) is 11.2. The highest BCUT2D eigenvalue weighted by molar-refractivity contribution is 7.92. The molecule has 0 saturated carbocycles. The summed E-state index contributed by atoms with van der Waals surface area (Å²) in [4.78, 5) is 8.84. The number of nitrogens with one attached hydrogen (secondary N) is 2. The highest BCUT2D eigenvalue weighted by Crippen LogP contribution is 2.22. The molecule has 7 nitrogen and oxygen atoms in total. The first-order chi connectivity index (χ1) is 16.2. The number of rotatable bonds is 10. The fourth-order valence-corrected chi connectivity index (χ4v) is 4.28. The molecule has 0 atom stereocenters. The van der Waals surface area contributed by atoms with Gasteiger partial charge in [-0.2, -0.15) is 0 Å². The Bertz CT molecular complexity index is 1270. The van der Waals surface area contributed by atoms with E-state index in [4.69, 9.17) is 5.41 Å². The van der Waals surface area contributed by atoms with Crippen LogP contribution in [-0.2, 0) is 16.4 Å². The molecule has 1 heterocycles. The van der Waals surface area contributed by atoms with Crippen molar-refractivity contribution in [2.24, 2.45) is 0 Å². The van der Waals surface area contributed by atoms with Gasteiger partial charge < -0.3 is 15.8 Å². The quantitative estimate of drug-likeness (QED) is 0.219. The van der Waals surface area contributed by atoms with E-state index in [9.17, 15) is 13.5 Å². The number of aromatic nitrogens is 2. The molecule has 0 fully saturated rings. The Hall–Kier alpha value is -3.36. The maximum Gasteiger partial charge on any atom is 0.180 e. The summed E-state index contributed by atoms with van der Waals surface area (Å²) >= 11 is 0. The number of allylic oxidation sites excluding steroid dienone is 1. The summed E-state index contributed by atoms with van der Waals surface area (Å²) in [7, 11) is -3.36. The van der Waals surface area contributed by atoms with Crippen molar-refractivity contribution < 1.29 is 13.5 Å². The van der Waals surface area contributed by atoms with Crippen LogP contribution in [0.2, 0.25) is 0 Å². The van der Waals surface area contributed by atoms with Crippen LogP contribution in [0.25, 0.3) is 17.0 Å². The van der Waals surface area contributed by atoms with Gasteiger partial charge in [0.15, 0.2) is 9.84 Å². The Balaban J connectivity index is 1.76. The Labute approximate surface area is 201 Å². The first-order valence-corrected chi connectivity index (χ1v) is 12.7. The van der Waals surface area contributed by atoms with Gasteiger partial charge in [0.2, 0.25) is 0 Å². The van der Waals surface area contributed by atoms with Crippen LogP contribution in [0.3, 0.4) is 0 Å². The molecule has 8 heteroatoms. The number of aliphatic hydroxyl groups excluding tert-OH is 1. The number of nitrogens with zero attached hydrogens (tertiary/aromatic N) is 2. The van der Waals surface area contributed by atoms with Crippen molar-refractivity contribution in [3.8, 4) is 11.3 Å². The lowest BCUT2D eigenvalue weighted by atomic mass is 10.1.